The van der Waals surface area contributed by atoms with Gasteiger partial charge in [-0.1, -0.05) is 46.4 Å². The molecular formula is C12H4Cl4F3N. The van der Waals surface area contributed by atoms with Crippen molar-refractivity contribution in [2.75, 3.05) is 0 Å². The number of hydrogen-bond donors (Lipinski definition) is 0. The van der Waals surface area contributed by atoms with Gasteiger partial charge in [-0.05, 0) is 24.3 Å². The lowest BCUT2D eigenvalue weighted by Gasteiger charge is -2.11. The minimum atomic E-state index is -4.66. The van der Waals surface area contributed by atoms with Crippen LogP contribution in [0.1, 0.15) is 5.69 Å². The van der Waals surface area contributed by atoms with Gasteiger partial charge in [0.1, 0.15) is 0 Å². The topological polar surface area (TPSA) is 12.9 Å². The Kier molecular flexibility index (Phi) is 4.40. The van der Waals surface area contributed by atoms with Crippen molar-refractivity contribution in [1.82, 2.24) is 4.98 Å². The molecule has 0 saturated carbocycles. The standard InChI is InChI=1S/C12H4Cl4F3N/c13-6-1-2-10(20-11(6)12(17,18)19)5-3-8(15)9(16)4-7(5)14/h1-4H. The maximum Gasteiger partial charge on any atom is 0.434 e. The van der Waals surface area contributed by atoms with E-state index < -0.39 is 16.9 Å². The number of nitrogens with zero attached hydrogens (tertiary/aromatic N) is 1. The lowest BCUT2D eigenvalue weighted by Crippen LogP contribution is -2.09. The van der Waals surface area contributed by atoms with Gasteiger partial charge in [0.15, 0.2) is 5.69 Å². The molecule has 106 valence electrons. The van der Waals surface area contributed by atoms with Crippen LogP contribution in [0.25, 0.3) is 11.3 Å². The summed E-state index contributed by atoms with van der Waals surface area (Å²) in [5, 5.41) is 0.0154. The maximum absolute atomic E-state index is 12.8. The van der Waals surface area contributed by atoms with Crippen LogP contribution in [0.2, 0.25) is 20.1 Å². The molecule has 0 N–H and O–H groups in total. The fourth-order valence-electron chi connectivity index (χ4n) is 1.51. The van der Waals surface area contributed by atoms with Gasteiger partial charge in [0.2, 0.25) is 0 Å². The predicted molar refractivity (Wildman–Crippen MR) is 74.7 cm³/mol. The molecule has 2 rings (SSSR count). The first-order chi connectivity index (χ1) is 9.20. The highest BCUT2D eigenvalue weighted by molar-refractivity contribution is 6.44. The van der Waals surface area contributed by atoms with Crippen LogP contribution in [0.5, 0.6) is 0 Å². The fourth-order valence-corrected chi connectivity index (χ4v) is 2.37. The maximum atomic E-state index is 12.8. The third kappa shape index (κ3) is 3.14. The lowest BCUT2D eigenvalue weighted by molar-refractivity contribution is -0.141. The molecule has 1 aromatic carbocycles. The van der Waals surface area contributed by atoms with Gasteiger partial charge in [-0.2, -0.15) is 13.2 Å². The summed E-state index contributed by atoms with van der Waals surface area (Å²) < 4.78 is 38.3. The van der Waals surface area contributed by atoms with Crippen LogP contribution in [0.4, 0.5) is 13.2 Å². The highest BCUT2D eigenvalue weighted by Crippen LogP contribution is 2.38. The summed E-state index contributed by atoms with van der Waals surface area (Å²) in [7, 11) is 0. The molecule has 1 nitrogen and oxygen atoms in total. The van der Waals surface area contributed by atoms with Crippen LogP contribution in [-0.2, 0) is 6.18 Å². The summed E-state index contributed by atoms with van der Waals surface area (Å²) in [5.74, 6) is 0. The first kappa shape index (κ1) is 15.7. The van der Waals surface area contributed by atoms with Gasteiger partial charge in [0.05, 0.1) is 25.8 Å². The van der Waals surface area contributed by atoms with E-state index >= 15 is 0 Å². The summed E-state index contributed by atoms with van der Waals surface area (Å²) in [5.41, 5.74) is -0.938. The number of pyridine rings is 1. The van der Waals surface area contributed by atoms with Crippen molar-refractivity contribution in [3.8, 4) is 11.3 Å². The molecule has 20 heavy (non-hydrogen) atoms. The van der Waals surface area contributed by atoms with E-state index in [2.05, 4.69) is 4.98 Å². The SMILES string of the molecule is FC(F)(F)c1nc(-c2cc(Cl)c(Cl)cc2Cl)ccc1Cl. The third-order valence-electron chi connectivity index (χ3n) is 2.40. The number of hydrogen-bond acceptors (Lipinski definition) is 1. The molecule has 0 saturated heterocycles. The summed E-state index contributed by atoms with van der Waals surface area (Å²) in [6.07, 6.45) is -4.66. The third-order valence-corrected chi connectivity index (χ3v) is 3.74. The van der Waals surface area contributed by atoms with Gasteiger partial charge >= 0.3 is 6.18 Å². The quantitative estimate of drug-likeness (QED) is 0.537. The van der Waals surface area contributed by atoms with E-state index in [9.17, 15) is 13.2 Å². The zero-order chi connectivity index (χ0) is 15.1. The molecule has 0 radical (unpaired) electrons. The zero-order valence-electron chi connectivity index (χ0n) is 9.40. The van der Waals surface area contributed by atoms with Gasteiger partial charge in [-0.3, -0.25) is 0 Å². The molecule has 0 fully saturated rings. The largest absolute Gasteiger partial charge is 0.434 e. The molecule has 1 heterocycles. The Balaban J connectivity index is 2.63. The van der Waals surface area contributed by atoms with E-state index in [0.29, 0.717) is 0 Å². The molecule has 1 aromatic heterocycles. The van der Waals surface area contributed by atoms with Crippen LogP contribution in [0.15, 0.2) is 24.3 Å². The van der Waals surface area contributed by atoms with E-state index in [1.165, 1.54) is 18.2 Å². The first-order valence-electron chi connectivity index (χ1n) is 5.09. The van der Waals surface area contributed by atoms with Crippen LogP contribution >= 0.6 is 46.4 Å². The second-order valence-corrected chi connectivity index (χ2v) is 5.40. The fraction of sp³-hybridized carbons (Fsp3) is 0.0833. The van der Waals surface area contributed by atoms with Crippen LogP contribution in [0.3, 0.4) is 0 Å². The molecule has 0 spiro atoms. The highest BCUT2D eigenvalue weighted by Gasteiger charge is 2.35. The molecule has 0 amide bonds. The zero-order valence-corrected chi connectivity index (χ0v) is 12.4. The smallest absolute Gasteiger partial charge is 0.242 e. The Hall–Kier alpha value is -0.680. The van der Waals surface area contributed by atoms with Crippen LogP contribution in [-0.4, -0.2) is 4.98 Å². The average Bonchev–Trinajstić information content (AvgIpc) is 2.33. The van der Waals surface area contributed by atoms with E-state index in [-0.39, 0.29) is 26.3 Å². The molecule has 0 atom stereocenters. The van der Waals surface area contributed by atoms with Gasteiger partial charge in [-0.15, -0.1) is 0 Å². The Morgan fingerprint density at radius 2 is 1.40 bits per heavy atom. The van der Waals surface area contributed by atoms with E-state index in [0.717, 1.165) is 6.07 Å². The summed E-state index contributed by atoms with van der Waals surface area (Å²) in [4.78, 5) is 3.50. The van der Waals surface area contributed by atoms with Crippen molar-refractivity contribution in [3.05, 3.63) is 50.0 Å². The number of aromatic nitrogens is 1. The first-order valence-corrected chi connectivity index (χ1v) is 6.60. The van der Waals surface area contributed by atoms with E-state index in [1.807, 2.05) is 0 Å². The van der Waals surface area contributed by atoms with E-state index in [4.69, 9.17) is 46.4 Å². The molecule has 0 aliphatic rings. The number of halogens is 7. The van der Waals surface area contributed by atoms with Crippen molar-refractivity contribution in [2.45, 2.75) is 6.18 Å². The minimum Gasteiger partial charge on any atom is -0.242 e. The predicted octanol–water partition coefficient (Wildman–Crippen LogP) is 6.38. The van der Waals surface area contributed by atoms with E-state index in [1.54, 1.807) is 0 Å². The van der Waals surface area contributed by atoms with Gasteiger partial charge in [0.25, 0.3) is 0 Å². The monoisotopic (exact) mass is 359 g/mol. The molecule has 8 heteroatoms. The van der Waals surface area contributed by atoms with Crippen molar-refractivity contribution >= 4 is 46.4 Å². The number of alkyl halides is 3. The Morgan fingerprint density at radius 3 is 2.00 bits per heavy atom. The summed E-state index contributed by atoms with van der Waals surface area (Å²) in [6.45, 7) is 0. The molecule has 0 aliphatic heterocycles. The molecular weight excluding hydrogens is 357 g/mol. The number of benzene rings is 1. The Morgan fingerprint density at radius 1 is 0.800 bits per heavy atom. The van der Waals surface area contributed by atoms with Crippen molar-refractivity contribution in [1.29, 1.82) is 0 Å². The molecule has 0 aliphatic carbocycles. The summed E-state index contributed by atoms with van der Waals surface area (Å²) in [6, 6.07) is 5.11. The molecule has 0 unspecified atom stereocenters. The second-order valence-electron chi connectivity index (χ2n) is 3.77. The van der Waals surface area contributed by atoms with Crippen molar-refractivity contribution in [2.24, 2.45) is 0 Å². The molecule has 2 aromatic rings. The second kappa shape index (κ2) is 5.60. The Bertz CT molecular complexity index is 670. The average molecular weight is 361 g/mol. The van der Waals surface area contributed by atoms with Crippen LogP contribution in [0, 0.1) is 0 Å². The molecule has 0 bridgehead atoms. The van der Waals surface area contributed by atoms with Crippen LogP contribution < -0.4 is 0 Å². The highest BCUT2D eigenvalue weighted by atomic mass is 35.5. The van der Waals surface area contributed by atoms with Gasteiger partial charge < -0.3 is 0 Å². The van der Waals surface area contributed by atoms with Crippen molar-refractivity contribution in [3.63, 3.8) is 0 Å². The van der Waals surface area contributed by atoms with Crippen molar-refractivity contribution < 1.29 is 13.2 Å². The minimum absolute atomic E-state index is 0.00490. The Labute approximate surface area is 132 Å². The number of rotatable bonds is 1. The van der Waals surface area contributed by atoms with Gasteiger partial charge in [0, 0.05) is 5.56 Å². The lowest BCUT2D eigenvalue weighted by atomic mass is 10.1. The normalized spacial score (nSPS) is 11.8. The van der Waals surface area contributed by atoms with Gasteiger partial charge in [-0.25, -0.2) is 4.98 Å². The summed E-state index contributed by atoms with van der Waals surface area (Å²) >= 11 is 23.0.